The molecule has 0 atom stereocenters. The zero-order valence-corrected chi connectivity index (χ0v) is 16.5. The minimum absolute atomic E-state index is 0.109. The molecule has 10 nitrogen and oxygen atoms in total. The summed E-state index contributed by atoms with van der Waals surface area (Å²) in [6.45, 7) is 3.09. The number of H-pyrrole nitrogens is 1. The Hall–Kier alpha value is -3.82. The molecule has 0 aliphatic carbocycles. The zero-order chi connectivity index (χ0) is 20.7. The fraction of sp³-hybridized carbons (Fsp3) is 0.300. The van der Waals surface area contributed by atoms with Crippen molar-refractivity contribution in [2.75, 3.05) is 18.8 Å². The van der Waals surface area contributed by atoms with Crippen molar-refractivity contribution < 1.29 is 4.79 Å². The van der Waals surface area contributed by atoms with E-state index < -0.39 is 0 Å². The Morgan fingerprint density at radius 2 is 2.00 bits per heavy atom. The lowest BCUT2D eigenvalue weighted by Crippen LogP contribution is -2.38. The normalized spacial score (nSPS) is 15.0. The molecule has 0 saturated carbocycles. The second-order valence-corrected chi connectivity index (χ2v) is 7.43. The molecule has 5 rings (SSSR count). The Bertz CT molecular complexity index is 1210. The van der Waals surface area contributed by atoms with E-state index in [1.54, 1.807) is 10.9 Å². The monoisotopic (exact) mass is 403 g/mol. The molecule has 0 unspecified atom stereocenters. The number of para-hydroxylation sites is 1. The molecule has 1 aromatic carbocycles. The molecule has 3 N–H and O–H groups in total. The Labute approximate surface area is 172 Å². The summed E-state index contributed by atoms with van der Waals surface area (Å²) in [6.07, 6.45) is 3.33. The number of piperidine rings is 1. The predicted molar refractivity (Wildman–Crippen MR) is 110 cm³/mol. The number of carbonyl (C=O) groups is 1. The number of hydrogen-bond acceptors (Lipinski definition) is 7. The SMILES string of the molecule is Cc1c(C(=O)N2CCC(c3nc(N)n[nH]3)CC2)nnn1-c1cccc2cccnc12. The average Bonchev–Trinajstić information content (AvgIpc) is 3.38. The van der Waals surface area contributed by atoms with Gasteiger partial charge in [-0.1, -0.05) is 23.4 Å². The van der Waals surface area contributed by atoms with Gasteiger partial charge < -0.3 is 10.6 Å². The number of fused-ring (bicyclic) bond motifs is 1. The molecule has 1 fully saturated rings. The highest BCUT2D eigenvalue weighted by molar-refractivity contribution is 5.94. The third-order valence-electron chi connectivity index (χ3n) is 5.63. The first-order valence-electron chi connectivity index (χ1n) is 9.85. The summed E-state index contributed by atoms with van der Waals surface area (Å²) >= 11 is 0. The molecule has 1 aliphatic rings. The van der Waals surface area contributed by atoms with Crippen molar-refractivity contribution in [3.05, 3.63) is 53.7 Å². The van der Waals surface area contributed by atoms with Gasteiger partial charge in [0.2, 0.25) is 5.95 Å². The zero-order valence-electron chi connectivity index (χ0n) is 16.5. The number of rotatable bonds is 3. The fourth-order valence-electron chi connectivity index (χ4n) is 3.99. The Morgan fingerprint density at radius 1 is 1.20 bits per heavy atom. The minimum Gasteiger partial charge on any atom is -0.367 e. The molecule has 3 aromatic heterocycles. The first-order valence-corrected chi connectivity index (χ1v) is 9.85. The van der Waals surface area contributed by atoms with Crippen LogP contribution in [0.25, 0.3) is 16.6 Å². The number of amides is 1. The van der Waals surface area contributed by atoms with Gasteiger partial charge in [0.1, 0.15) is 5.82 Å². The molecule has 0 spiro atoms. The molecule has 0 bridgehead atoms. The third kappa shape index (κ3) is 3.06. The van der Waals surface area contributed by atoms with Gasteiger partial charge >= 0.3 is 0 Å². The lowest BCUT2D eigenvalue weighted by molar-refractivity contribution is 0.0704. The van der Waals surface area contributed by atoms with E-state index in [1.165, 1.54) is 0 Å². The summed E-state index contributed by atoms with van der Waals surface area (Å²) in [5.41, 5.74) is 8.28. The van der Waals surface area contributed by atoms with Crippen LogP contribution in [0.3, 0.4) is 0 Å². The minimum atomic E-state index is -0.109. The number of carbonyl (C=O) groups excluding carboxylic acids is 1. The lowest BCUT2D eigenvalue weighted by atomic mass is 9.96. The highest BCUT2D eigenvalue weighted by atomic mass is 16.2. The van der Waals surface area contributed by atoms with Gasteiger partial charge in [0, 0.05) is 30.6 Å². The fourth-order valence-corrected chi connectivity index (χ4v) is 3.99. The molecule has 1 saturated heterocycles. The summed E-state index contributed by atoms with van der Waals surface area (Å²) in [5, 5.41) is 16.2. The number of nitrogens with zero attached hydrogens (tertiary/aromatic N) is 7. The number of likely N-dealkylation sites (tertiary alicyclic amines) is 1. The average molecular weight is 403 g/mol. The standard InChI is InChI=1S/C20H21N9O/c1-12-16(19(30)28-10-7-14(8-11-28)18-23-20(21)26-25-18)24-27-29(12)15-6-2-4-13-5-3-9-22-17(13)15/h2-6,9,14H,7-8,10-11H2,1H3,(H3,21,23,25,26). The van der Waals surface area contributed by atoms with E-state index in [9.17, 15) is 4.79 Å². The molecular formula is C20H21N9O. The van der Waals surface area contributed by atoms with Crippen molar-refractivity contribution in [3.63, 3.8) is 0 Å². The number of nitrogen functional groups attached to an aromatic ring is 1. The molecule has 30 heavy (non-hydrogen) atoms. The number of benzene rings is 1. The number of hydrogen-bond donors (Lipinski definition) is 2. The van der Waals surface area contributed by atoms with Gasteiger partial charge in [-0.05, 0) is 31.9 Å². The first-order chi connectivity index (χ1) is 14.6. The summed E-state index contributed by atoms with van der Waals surface area (Å²) in [6, 6.07) is 9.77. The van der Waals surface area contributed by atoms with Crippen molar-refractivity contribution >= 4 is 22.8 Å². The van der Waals surface area contributed by atoms with Crippen molar-refractivity contribution in [3.8, 4) is 5.69 Å². The van der Waals surface area contributed by atoms with E-state index in [-0.39, 0.29) is 17.8 Å². The number of nitrogens with two attached hydrogens (primary N) is 1. The van der Waals surface area contributed by atoms with Crippen LogP contribution >= 0.6 is 0 Å². The van der Waals surface area contributed by atoms with Crippen molar-refractivity contribution in [1.29, 1.82) is 0 Å². The molecular weight excluding hydrogens is 382 g/mol. The van der Waals surface area contributed by atoms with Crippen LogP contribution in [-0.2, 0) is 0 Å². The summed E-state index contributed by atoms with van der Waals surface area (Å²) in [4.78, 5) is 23.6. The van der Waals surface area contributed by atoms with Gasteiger partial charge in [-0.25, -0.2) is 4.68 Å². The topological polar surface area (TPSA) is 132 Å². The number of aromatic nitrogens is 7. The van der Waals surface area contributed by atoms with Crippen LogP contribution in [-0.4, -0.2) is 59.1 Å². The second-order valence-electron chi connectivity index (χ2n) is 7.43. The lowest BCUT2D eigenvalue weighted by Gasteiger charge is -2.30. The van der Waals surface area contributed by atoms with Gasteiger partial charge in [0.25, 0.3) is 5.91 Å². The largest absolute Gasteiger partial charge is 0.367 e. The van der Waals surface area contributed by atoms with E-state index in [4.69, 9.17) is 5.73 Å². The van der Waals surface area contributed by atoms with Gasteiger partial charge in [0.05, 0.1) is 16.9 Å². The van der Waals surface area contributed by atoms with Crippen LogP contribution in [0.2, 0.25) is 0 Å². The molecule has 0 radical (unpaired) electrons. The smallest absolute Gasteiger partial charge is 0.276 e. The van der Waals surface area contributed by atoms with Crippen molar-refractivity contribution in [1.82, 2.24) is 40.1 Å². The maximum Gasteiger partial charge on any atom is 0.276 e. The van der Waals surface area contributed by atoms with Crippen LogP contribution in [0.1, 0.15) is 40.8 Å². The van der Waals surface area contributed by atoms with Crippen molar-refractivity contribution in [2.24, 2.45) is 0 Å². The molecule has 1 amide bonds. The van der Waals surface area contributed by atoms with Gasteiger partial charge in [-0.15, -0.1) is 10.2 Å². The maximum absolute atomic E-state index is 13.1. The molecule has 1 aliphatic heterocycles. The molecule has 152 valence electrons. The van der Waals surface area contributed by atoms with Crippen LogP contribution in [0.4, 0.5) is 5.95 Å². The van der Waals surface area contributed by atoms with Crippen LogP contribution in [0, 0.1) is 6.92 Å². The second kappa shape index (κ2) is 7.21. The quantitative estimate of drug-likeness (QED) is 0.533. The summed E-state index contributed by atoms with van der Waals surface area (Å²) < 4.78 is 1.69. The predicted octanol–water partition coefficient (Wildman–Crippen LogP) is 1.84. The number of aromatic amines is 1. The van der Waals surface area contributed by atoms with E-state index in [0.29, 0.717) is 24.5 Å². The highest BCUT2D eigenvalue weighted by Gasteiger charge is 2.29. The first kappa shape index (κ1) is 18.2. The molecule has 4 heterocycles. The summed E-state index contributed by atoms with van der Waals surface area (Å²) in [7, 11) is 0. The van der Waals surface area contributed by atoms with Gasteiger partial charge in [-0.3, -0.25) is 14.9 Å². The Balaban J connectivity index is 1.37. The van der Waals surface area contributed by atoms with E-state index in [0.717, 1.165) is 35.3 Å². The van der Waals surface area contributed by atoms with E-state index in [2.05, 4.69) is 30.5 Å². The molecule has 4 aromatic rings. The Morgan fingerprint density at radius 3 is 2.77 bits per heavy atom. The highest BCUT2D eigenvalue weighted by Crippen LogP contribution is 2.27. The van der Waals surface area contributed by atoms with Gasteiger partial charge in [0.15, 0.2) is 5.69 Å². The van der Waals surface area contributed by atoms with Gasteiger partial charge in [-0.2, -0.15) is 4.98 Å². The van der Waals surface area contributed by atoms with Crippen LogP contribution in [0.5, 0.6) is 0 Å². The van der Waals surface area contributed by atoms with Crippen molar-refractivity contribution in [2.45, 2.75) is 25.7 Å². The van der Waals surface area contributed by atoms with E-state index >= 15 is 0 Å². The number of anilines is 1. The number of nitrogens with one attached hydrogen (secondary N) is 1. The summed E-state index contributed by atoms with van der Waals surface area (Å²) in [5.74, 6) is 1.14. The number of pyridine rings is 1. The Kier molecular flexibility index (Phi) is 4.38. The van der Waals surface area contributed by atoms with Crippen LogP contribution < -0.4 is 5.73 Å². The van der Waals surface area contributed by atoms with Crippen LogP contribution in [0.15, 0.2) is 36.5 Å². The maximum atomic E-state index is 13.1. The third-order valence-corrected chi connectivity index (χ3v) is 5.63. The molecule has 10 heteroatoms. The van der Waals surface area contributed by atoms with E-state index in [1.807, 2.05) is 42.2 Å².